The fourth-order valence-electron chi connectivity index (χ4n) is 2.29. The van der Waals surface area contributed by atoms with Crippen LogP contribution in [0.1, 0.15) is 44.6 Å². The zero-order valence-corrected chi connectivity index (χ0v) is 10.8. The number of hydrogen-bond acceptors (Lipinski definition) is 4. The number of hydrogen-bond donors (Lipinski definition) is 1. The Kier molecular flexibility index (Phi) is 3.94. The molecule has 2 N–H and O–H groups in total. The second-order valence-corrected chi connectivity index (χ2v) is 5.05. The molecule has 0 aromatic carbocycles. The molecule has 1 aliphatic rings. The molecule has 0 aliphatic carbocycles. The Morgan fingerprint density at radius 2 is 2.06 bits per heavy atom. The van der Waals surface area contributed by atoms with Gasteiger partial charge in [-0.15, -0.1) is 0 Å². The highest BCUT2D eigenvalue weighted by Gasteiger charge is 2.23. The molecular formula is C13H22N4. The van der Waals surface area contributed by atoms with Gasteiger partial charge in [0.25, 0.3) is 0 Å². The molecule has 1 saturated heterocycles. The van der Waals surface area contributed by atoms with Crippen LogP contribution in [0.3, 0.4) is 0 Å². The van der Waals surface area contributed by atoms with Gasteiger partial charge in [-0.1, -0.05) is 13.8 Å². The number of piperidine rings is 1. The summed E-state index contributed by atoms with van der Waals surface area (Å²) in [5, 5.41) is 0. The summed E-state index contributed by atoms with van der Waals surface area (Å²) >= 11 is 0. The molecule has 1 aromatic rings. The van der Waals surface area contributed by atoms with E-state index < -0.39 is 0 Å². The Hall–Kier alpha value is -1.16. The lowest BCUT2D eigenvalue weighted by Crippen LogP contribution is -2.45. The van der Waals surface area contributed by atoms with Crippen LogP contribution in [0.4, 0.5) is 5.95 Å². The summed E-state index contributed by atoms with van der Waals surface area (Å²) in [5.74, 6) is 1.32. The molecule has 1 unspecified atom stereocenters. The average Bonchev–Trinajstić information content (AvgIpc) is 2.39. The molecule has 1 aromatic heterocycles. The molecule has 4 heteroatoms. The molecule has 17 heavy (non-hydrogen) atoms. The Bertz CT molecular complexity index is 347. The lowest BCUT2D eigenvalue weighted by atomic mass is 10.0. The van der Waals surface area contributed by atoms with Crippen LogP contribution in [-0.2, 0) is 0 Å². The quantitative estimate of drug-likeness (QED) is 0.868. The van der Waals surface area contributed by atoms with Crippen LogP contribution >= 0.6 is 0 Å². The summed E-state index contributed by atoms with van der Waals surface area (Å²) < 4.78 is 0. The van der Waals surface area contributed by atoms with Crippen molar-refractivity contribution in [1.29, 1.82) is 0 Å². The Balaban J connectivity index is 2.15. The van der Waals surface area contributed by atoms with Crippen LogP contribution in [0.15, 0.2) is 12.4 Å². The van der Waals surface area contributed by atoms with Crippen molar-refractivity contribution < 1.29 is 0 Å². The van der Waals surface area contributed by atoms with Crippen LogP contribution in [0, 0.1) is 0 Å². The lowest BCUT2D eigenvalue weighted by Gasteiger charge is -2.35. The minimum Gasteiger partial charge on any atom is -0.337 e. The third kappa shape index (κ3) is 2.75. The van der Waals surface area contributed by atoms with E-state index in [1.54, 1.807) is 0 Å². The predicted molar refractivity (Wildman–Crippen MR) is 70.2 cm³/mol. The van der Waals surface area contributed by atoms with Crippen LogP contribution in [0.25, 0.3) is 0 Å². The highest BCUT2D eigenvalue weighted by molar-refractivity contribution is 5.33. The monoisotopic (exact) mass is 234 g/mol. The molecule has 4 nitrogen and oxygen atoms in total. The van der Waals surface area contributed by atoms with Gasteiger partial charge in [-0.3, -0.25) is 0 Å². The van der Waals surface area contributed by atoms with E-state index in [4.69, 9.17) is 5.73 Å². The van der Waals surface area contributed by atoms with Crippen molar-refractivity contribution in [3.63, 3.8) is 0 Å². The van der Waals surface area contributed by atoms with E-state index >= 15 is 0 Å². The number of aromatic nitrogens is 2. The minimum atomic E-state index is 0.411. The van der Waals surface area contributed by atoms with Gasteiger partial charge in [-0.05, 0) is 30.7 Å². The van der Waals surface area contributed by atoms with Crippen molar-refractivity contribution in [2.45, 2.75) is 45.1 Å². The van der Waals surface area contributed by atoms with Gasteiger partial charge in [-0.2, -0.15) is 0 Å². The van der Waals surface area contributed by atoms with Crippen molar-refractivity contribution in [3.05, 3.63) is 18.0 Å². The zero-order valence-electron chi connectivity index (χ0n) is 10.8. The number of nitrogens with zero attached hydrogens (tertiary/aromatic N) is 3. The van der Waals surface area contributed by atoms with E-state index in [-0.39, 0.29) is 0 Å². The summed E-state index contributed by atoms with van der Waals surface area (Å²) in [6, 6.07) is 0.411. The molecule has 1 fully saturated rings. The largest absolute Gasteiger partial charge is 0.337 e. The van der Waals surface area contributed by atoms with Crippen molar-refractivity contribution >= 4 is 5.95 Å². The second-order valence-electron chi connectivity index (χ2n) is 5.05. The molecule has 0 radical (unpaired) electrons. The summed E-state index contributed by atoms with van der Waals surface area (Å²) in [6.07, 6.45) is 7.52. The maximum absolute atomic E-state index is 5.81. The first-order chi connectivity index (χ1) is 8.22. The van der Waals surface area contributed by atoms with Gasteiger partial charge >= 0.3 is 0 Å². The van der Waals surface area contributed by atoms with Crippen molar-refractivity contribution in [3.8, 4) is 0 Å². The minimum absolute atomic E-state index is 0.411. The SMILES string of the molecule is CC(C)c1cnc(N2CCCCC2CN)nc1. The van der Waals surface area contributed by atoms with Gasteiger partial charge in [0.15, 0.2) is 0 Å². The smallest absolute Gasteiger partial charge is 0.225 e. The maximum atomic E-state index is 5.81. The summed E-state index contributed by atoms with van der Waals surface area (Å²) in [5.41, 5.74) is 7.00. The van der Waals surface area contributed by atoms with Gasteiger partial charge in [0.2, 0.25) is 5.95 Å². The topological polar surface area (TPSA) is 55.0 Å². The Morgan fingerprint density at radius 1 is 1.35 bits per heavy atom. The van der Waals surface area contributed by atoms with E-state index in [1.165, 1.54) is 18.4 Å². The van der Waals surface area contributed by atoms with E-state index in [0.29, 0.717) is 18.5 Å². The van der Waals surface area contributed by atoms with Gasteiger partial charge in [-0.25, -0.2) is 9.97 Å². The third-order valence-corrected chi connectivity index (χ3v) is 3.48. The first-order valence-electron chi connectivity index (χ1n) is 6.51. The number of anilines is 1. The van der Waals surface area contributed by atoms with Crippen molar-refractivity contribution in [1.82, 2.24) is 9.97 Å². The van der Waals surface area contributed by atoms with Gasteiger partial charge in [0.1, 0.15) is 0 Å². The summed E-state index contributed by atoms with van der Waals surface area (Å²) in [6.45, 7) is 6.03. The molecule has 0 spiro atoms. The molecule has 1 atom stereocenters. The fourth-order valence-corrected chi connectivity index (χ4v) is 2.29. The standard InChI is InChI=1S/C13H22N4/c1-10(2)11-8-15-13(16-9-11)17-6-4-3-5-12(17)7-14/h8-10,12H,3-7,14H2,1-2H3. The van der Waals surface area contributed by atoms with Gasteiger partial charge in [0, 0.05) is 31.5 Å². The molecule has 94 valence electrons. The molecular weight excluding hydrogens is 212 g/mol. The summed E-state index contributed by atoms with van der Waals surface area (Å²) in [4.78, 5) is 11.2. The maximum Gasteiger partial charge on any atom is 0.225 e. The fraction of sp³-hybridized carbons (Fsp3) is 0.692. The molecule has 0 amide bonds. The summed E-state index contributed by atoms with van der Waals surface area (Å²) in [7, 11) is 0. The van der Waals surface area contributed by atoms with Crippen LogP contribution in [-0.4, -0.2) is 29.1 Å². The van der Waals surface area contributed by atoms with E-state index in [9.17, 15) is 0 Å². The normalized spacial score (nSPS) is 20.9. The van der Waals surface area contributed by atoms with Crippen LogP contribution in [0.5, 0.6) is 0 Å². The average molecular weight is 234 g/mol. The van der Waals surface area contributed by atoms with E-state index in [0.717, 1.165) is 18.9 Å². The highest BCUT2D eigenvalue weighted by atomic mass is 15.3. The second kappa shape index (κ2) is 5.45. The van der Waals surface area contributed by atoms with Crippen molar-refractivity contribution in [2.75, 3.05) is 18.0 Å². The number of nitrogens with two attached hydrogens (primary N) is 1. The first kappa shape index (κ1) is 12.3. The Labute approximate surface area is 103 Å². The third-order valence-electron chi connectivity index (χ3n) is 3.48. The molecule has 2 rings (SSSR count). The van der Waals surface area contributed by atoms with E-state index in [2.05, 4.69) is 28.7 Å². The molecule has 0 saturated carbocycles. The first-order valence-corrected chi connectivity index (χ1v) is 6.51. The highest BCUT2D eigenvalue weighted by Crippen LogP contribution is 2.21. The predicted octanol–water partition coefficient (Wildman–Crippen LogP) is 1.92. The zero-order chi connectivity index (χ0) is 12.3. The molecule has 0 bridgehead atoms. The molecule has 2 heterocycles. The van der Waals surface area contributed by atoms with Crippen LogP contribution in [0.2, 0.25) is 0 Å². The lowest BCUT2D eigenvalue weighted by molar-refractivity contribution is 0.458. The van der Waals surface area contributed by atoms with E-state index in [1.807, 2.05) is 12.4 Å². The van der Waals surface area contributed by atoms with Crippen molar-refractivity contribution in [2.24, 2.45) is 5.73 Å². The van der Waals surface area contributed by atoms with Gasteiger partial charge < -0.3 is 10.6 Å². The van der Waals surface area contributed by atoms with Crippen LogP contribution < -0.4 is 10.6 Å². The van der Waals surface area contributed by atoms with Gasteiger partial charge in [0.05, 0.1) is 0 Å². The molecule has 1 aliphatic heterocycles. The Morgan fingerprint density at radius 3 is 2.65 bits per heavy atom. The number of rotatable bonds is 3.